The molecule has 3 aliphatic rings. The highest BCUT2D eigenvalue weighted by Gasteiger charge is 2.51. The summed E-state index contributed by atoms with van der Waals surface area (Å²) in [5.74, 6) is 2.22. The quantitative estimate of drug-likeness (QED) is 0.622. The number of aliphatic hydroxyl groups excluding tert-OH is 1. The molecule has 2 heteroatoms. The van der Waals surface area contributed by atoms with Crippen molar-refractivity contribution >= 4 is 6.29 Å². The fourth-order valence-corrected chi connectivity index (χ4v) is 5.78. The second-order valence-electron chi connectivity index (χ2n) is 7.97. The maximum atomic E-state index is 10.8. The van der Waals surface area contributed by atoms with E-state index < -0.39 is 0 Å². The van der Waals surface area contributed by atoms with Crippen LogP contribution in [0.1, 0.15) is 71.6 Å². The number of hydrogen-bond acceptors (Lipinski definition) is 2. The van der Waals surface area contributed by atoms with Gasteiger partial charge in [-0.15, -0.1) is 0 Å². The minimum atomic E-state index is -0.0602. The van der Waals surface area contributed by atoms with Crippen LogP contribution >= 0.6 is 0 Å². The van der Waals surface area contributed by atoms with Gasteiger partial charge in [-0.3, -0.25) is 0 Å². The third kappa shape index (κ3) is 2.60. The number of aliphatic hydroxyl groups is 1. The fraction of sp³-hybridized carbons (Fsp3) is 0.842. The van der Waals surface area contributed by atoms with E-state index in [9.17, 15) is 9.90 Å². The standard InChI is InChI=1S/C19H30O2/c1-13-5-8-18-17(16(13)4-3-11-20)7-6-14-12-15(21)9-10-19(14,18)2/h11,14-15,17-18,21H,3-10,12H2,1-2H3/t14?,15-,17-,18-,19-/m0/s1. The first-order valence-corrected chi connectivity index (χ1v) is 8.86. The molecular weight excluding hydrogens is 260 g/mol. The molecule has 0 radical (unpaired) electrons. The summed E-state index contributed by atoms with van der Waals surface area (Å²) in [5.41, 5.74) is 3.61. The zero-order valence-corrected chi connectivity index (χ0v) is 13.6. The summed E-state index contributed by atoms with van der Waals surface area (Å²) in [6, 6.07) is 0. The largest absolute Gasteiger partial charge is 0.393 e. The number of fused-ring (bicyclic) bond motifs is 3. The highest BCUT2D eigenvalue weighted by atomic mass is 16.3. The number of hydrogen-bond donors (Lipinski definition) is 1. The lowest BCUT2D eigenvalue weighted by Gasteiger charge is -2.57. The van der Waals surface area contributed by atoms with Gasteiger partial charge in [0.25, 0.3) is 0 Å². The summed E-state index contributed by atoms with van der Waals surface area (Å²) < 4.78 is 0. The van der Waals surface area contributed by atoms with Crippen LogP contribution in [0.4, 0.5) is 0 Å². The van der Waals surface area contributed by atoms with Crippen molar-refractivity contribution < 1.29 is 9.90 Å². The second kappa shape index (κ2) is 5.87. The van der Waals surface area contributed by atoms with Crippen LogP contribution in [-0.2, 0) is 4.79 Å². The van der Waals surface area contributed by atoms with Crippen LogP contribution in [0, 0.1) is 23.2 Å². The third-order valence-corrected chi connectivity index (χ3v) is 7.02. The van der Waals surface area contributed by atoms with Gasteiger partial charge in [0.2, 0.25) is 0 Å². The molecule has 3 aliphatic carbocycles. The summed E-state index contributed by atoms with van der Waals surface area (Å²) >= 11 is 0. The van der Waals surface area contributed by atoms with Gasteiger partial charge in [0.15, 0.2) is 0 Å². The van der Waals surface area contributed by atoms with E-state index in [1.54, 1.807) is 11.1 Å². The maximum absolute atomic E-state index is 10.8. The Bertz CT molecular complexity index is 439. The number of carbonyl (C=O) groups excluding carboxylic acids is 1. The summed E-state index contributed by atoms with van der Waals surface area (Å²) in [6.07, 6.45) is 11.0. The summed E-state index contributed by atoms with van der Waals surface area (Å²) in [7, 11) is 0. The molecular formula is C19H30O2. The maximum Gasteiger partial charge on any atom is 0.120 e. The molecule has 1 unspecified atom stereocenters. The highest BCUT2D eigenvalue weighted by Crippen LogP contribution is 2.60. The predicted octanol–water partition coefficient (Wildman–Crippen LogP) is 4.27. The molecule has 0 aromatic rings. The van der Waals surface area contributed by atoms with Crippen LogP contribution in [0.15, 0.2) is 11.1 Å². The SMILES string of the molecule is CC1=C(CCC=O)[C@@H]2CCC3C[C@@H](O)CC[C@]3(C)[C@H]2CC1. The van der Waals surface area contributed by atoms with E-state index in [2.05, 4.69) is 13.8 Å². The summed E-state index contributed by atoms with van der Waals surface area (Å²) in [5, 5.41) is 10.0. The molecule has 0 aliphatic heterocycles. The number of rotatable bonds is 3. The van der Waals surface area contributed by atoms with Crippen LogP contribution < -0.4 is 0 Å². The molecule has 0 spiro atoms. The lowest BCUT2D eigenvalue weighted by Crippen LogP contribution is -2.49. The lowest BCUT2D eigenvalue weighted by molar-refractivity contribution is -0.107. The van der Waals surface area contributed by atoms with Gasteiger partial charge in [-0.05, 0) is 81.5 Å². The Labute approximate surface area is 129 Å². The molecule has 21 heavy (non-hydrogen) atoms. The van der Waals surface area contributed by atoms with E-state index in [0.29, 0.717) is 17.8 Å². The molecule has 0 aromatic carbocycles. The first kappa shape index (κ1) is 15.3. The molecule has 5 atom stereocenters. The molecule has 118 valence electrons. The Kier molecular flexibility index (Phi) is 4.27. The van der Waals surface area contributed by atoms with Crippen molar-refractivity contribution in [1.29, 1.82) is 0 Å². The molecule has 0 heterocycles. The minimum absolute atomic E-state index is 0.0602. The van der Waals surface area contributed by atoms with Gasteiger partial charge in [-0.25, -0.2) is 0 Å². The zero-order chi connectivity index (χ0) is 15.0. The second-order valence-corrected chi connectivity index (χ2v) is 7.97. The first-order chi connectivity index (χ1) is 10.1. The molecule has 1 N–H and O–H groups in total. The summed E-state index contributed by atoms with van der Waals surface area (Å²) in [6.45, 7) is 4.79. The monoisotopic (exact) mass is 290 g/mol. The average Bonchev–Trinajstić information content (AvgIpc) is 2.47. The van der Waals surface area contributed by atoms with Gasteiger partial charge in [0, 0.05) is 6.42 Å². The van der Waals surface area contributed by atoms with E-state index in [4.69, 9.17) is 0 Å². The Morgan fingerprint density at radius 1 is 1.29 bits per heavy atom. The molecule has 0 amide bonds. The van der Waals surface area contributed by atoms with Crippen molar-refractivity contribution in [2.75, 3.05) is 0 Å². The van der Waals surface area contributed by atoms with Crippen molar-refractivity contribution in [3.8, 4) is 0 Å². The van der Waals surface area contributed by atoms with Crippen LogP contribution in [0.2, 0.25) is 0 Å². The molecule has 0 aromatic heterocycles. The Balaban J connectivity index is 1.84. The molecule has 2 nitrogen and oxygen atoms in total. The Hall–Kier alpha value is -0.630. The highest BCUT2D eigenvalue weighted by molar-refractivity contribution is 5.50. The smallest absolute Gasteiger partial charge is 0.120 e. The molecule has 2 fully saturated rings. The van der Waals surface area contributed by atoms with Crippen molar-refractivity contribution in [3.05, 3.63) is 11.1 Å². The van der Waals surface area contributed by atoms with Gasteiger partial charge in [-0.1, -0.05) is 18.1 Å². The molecule has 0 saturated heterocycles. The number of carbonyl (C=O) groups is 1. The fourth-order valence-electron chi connectivity index (χ4n) is 5.78. The Morgan fingerprint density at radius 3 is 2.86 bits per heavy atom. The number of aldehydes is 1. The van der Waals surface area contributed by atoms with E-state index in [-0.39, 0.29) is 6.10 Å². The minimum Gasteiger partial charge on any atom is -0.393 e. The van der Waals surface area contributed by atoms with E-state index >= 15 is 0 Å². The molecule has 3 rings (SSSR count). The normalized spacial score (nSPS) is 43.2. The van der Waals surface area contributed by atoms with Crippen LogP contribution in [0.5, 0.6) is 0 Å². The average molecular weight is 290 g/mol. The van der Waals surface area contributed by atoms with Crippen LogP contribution in [-0.4, -0.2) is 17.5 Å². The third-order valence-electron chi connectivity index (χ3n) is 7.02. The van der Waals surface area contributed by atoms with E-state index in [1.165, 1.54) is 32.1 Å². The molecule has 0 bridgehead atoms. The first-order valence-electron chi connectivity index (χ1n) is 8.86. The van der Waals surface area contributed by atoms with E-state index in [0.717, 1.165) is 37.4 Å². The van der Waals surface area contributed by atoms with Crippen molar-refractivity contribution in [3.63, 3.8) is 0 Å². The zero-order valence-electron chi connectivity index (χ0n) is 13.6. The Morgan fingerprint density at radius 2 is 2.10 bits per heavy atom. The predicted molar refractivity (Wildman–Crippen MR) is 84.9 cm³/mol. The van der Waals surface area contributed by atoms with Crippen molar-refractivity contribution in [2.45, 2.75) is 77.7 Å². The van der Waals surface area contributed by atoms with Crippen molar-refractivity contribution in [1.82, 2.24) is 0 Å². The topological polar surface area (TPSA) is 37.3 Å². The van der Waals surface area contributed by atoms with Gasteiger partial charge < -0.3 is 9.90 Å². The van der Waals surface area contributed by atoms with Crippen molar-refractivity contribution in [2.24, 2.45) is 23.2 Å². The number of allylic oxidation sites excluding steroid dienone is 2. The van der Waals surface area contributed by atoms with Crippen LogP contribution in [0.3, 0.4) is 0 Å². The van der Waals surface area contributed by atoms with Gasteiger partial charge in [0.05, 0.1) is 6.10 Å². The van der Waals surface area contributed by atoms with Crippen LogP contribution in [0.25, 0.3) is 0 Å². The lowest BCUT2D eigenvalue weighted by atomic mass is 9.49. The van der Waals surface area contributed by atoms with Gasteiger partial charge in [0.1, 0.15) is 6.29 Å². The molecule has 2 saturated carbocycles. The van der Waals surface area contributed by atoms with Gasteiger partial charge >= 0.3 is 0 Å². The van der Waals surface area contributed by atoms with Gasteiger partial charge in [-0.2, -0.15) is 0 Å². The summed E-state index contributed by atoms with van der Waals surface area (Å²) in [4.78, 5) is 10.8. The van der Waals surface area contributed by atoms with E-state index in [1.807, 2.05) is 0 Å².